The number of nitrogens with one attached hydrogen (secondary N) is 1. The average Bonchev–Trinajstić information content (AvgIpc) is 2.83. The minimum atomic E-state index is -4.45. The summed E-state index contributed by atoms with van der Waals surface area (Å²) >= 11 is 0. The summed E-state index contributed by atoms with van der Waals surface area (Å²) in [5.41, 5.74) is -0.803. The van der Waals surface area contributed by atoms with Gasteiger partial charge in [-0.15, -0.1) is 0 Å². The number of rotatable bonds is 5. The molecule has 0 saturated heterocycles. The lowest BCUT2D eigenvalue weighted by atomic mass is 10.2. The molecule has 0 atom stereocenters. The van der Waals surface area contributed by atoms with E-state index in [1.54, 1.807) is 17.9 Å². The number of ether oxygens (including phenoxy) is 1. The van der Waals surface area contributed by atoms with E-state index < -0.39 is 11.7 Å². The fraction of sp³-hybridized carbons (Fsp3) is 0.308. The molecule has 1 heterocycles. The number of aromatic nitrogens is 2. The van der Waals surface area contributed by atoms with Crippen molar-refractivity contribution in [3.8, 4) is 11.5 Å². The minimum absolute atomic E-state index is 0.229. The Labute approximate surface area is 114 Å². The van der Waals surface area contributed by atoms with Gasteiger partial charge in [0.05, 0.1) is 24.5 Å². The van der Waals surface area contributed by atoms with Crippen LogP contribution >= 0.6 is 0 Å². The van der Waals surface area contributed by atoms with Crippen molar-refractivity contribution in [3.05, 3.63) is 42.2 Å². The summed E-state index contributed by atoms with van der Waals surface area (Å²) < 4.78 is 45.3. The van der Waals surface area contributed by atoms with Crippen LogP contribution in [-0.2, 0) is 12.7 Å². The second kappa shape index (κ2) is 5.96. The van der Waals surface area contributed by atoms with Crippen molar-refractivity contribution < 1.29 is 17.9 Å². The number of halogens is 3. The maximum atomic E-state index is 12.8. The number of benzene rings is 1. The molecular formula is C13H14F3N3O. The van der Waals surface area contributed by atoms with Crippen LogP contribution in [0.15, 0.2) is 36.7 Å². The number of hydrogen-bond donors (Lipinski definition) is 1. The molecule has 0 saturated carbocycles. The maximum Gasteiger partial charge on any atom is 0.419 e. The maximum absolute atomic E-state index is 12.8. The van der Waals surface area contributed by atoms with Crippen LogP contribution in [0.2, 0.25) is 0 Å². The molecule has 7 heteroatoms. The lowest BCUT2D eigenvalue weighted by Crippen LogP contribution is -2.14. The van der Waals surface area contributed by atoms with Gasteiger partial charge in [-0.3, -0.25) is 4.68 Å². The molecule has 2 aromatic rings. The van der Waals surface area contributed by atoms with Gasteiger partial charge in [-0.05, 0) is 19.2 Å². The molecule has 0 bridgehead atoms. The Morgan fingerprint density at radius 3 is 2.75 bits per heavy atom. The molecule has 0 aliphatic carbocycles. The first kappa shape index (κ1) is 14.4. The SMILES string of the molecule is CNCCn1cc(Oc2ccccc2C(F)(F)F)cn1. The number of nitrogens with zero attached hydrogens (tertiary/aromatic N) is 2. The molecule has 0 aliphatic rings. The van der Waals surface area contributed by atoms with Crippen molar-refractivity contribution >= 4 is 0 Å². The van der Waals surface area contributed by atoms with Crippen molar-refractivity contribution in [1.82, 2.24) is 15.1 Å². The van der Waals surface area contributed by atoms with E-state index in [4.69, 9.17) is 4.74 Å². The lowest BCUT2D eigenvalue weighted by Gasteiger charge is -2.12. The molecule has 1 aromatic heterocycles. The molecule has 0 amide bonds. The lowest BCUT2D eigenvalue weighted by molar-refractivity contribution is -0.138. The predicted molar refractivity (Wildman–Crippen MR) is 67.7 cm³/mol. The number of alkyl halides is 3. The zero-order valence-corrected chi connectivity index (χ0v) is 10.8. The van der Waals surface area contributed by atoms with Gasteiger partial charge in [-0.25, -0.2) is 0 Å². The van der Waals surface area contributed by atoms with Crippen molar-refractivity contribution in [2.75, 3.05) is 13.6 Å². The van der Waals surface area contributed by atoms with E-state index in [-0.39, 0.29) is 11.5 Å². The summed E-state index contributed by atoms with van der Waals surface area (Å²) in [6.45, 7) is 1.32. The highest BCUT2D eigenvalue weighted by Crippen LogP contribution is 2.37. The fourth-order valence-electron chi connectivity index (χ4n) is 1.66. The Morgan fingerprint density at radius 2 is 2.05 bits per heavy atom. The van der Waals surface area contributed by atoms with E-state index in [1.165, 1.54) is 24.4 Å². The Bertz CT molecular complexity index is 566. The zero-order valence-electron chi connectivity index (χ0n) is 10.8. The van der Waals surface area contributed by atoms with Crippen molar-refractivity contribution in [2.45, 2.75) is 12.7 Å². The molecule has 0 fully saturated rings. The molecular weight excluding hydrogens is 271 g/mol. The minimum Gasteiger partial charge on any atom is -0.453 e. The van der Waals surface area contributed by atoms with E-state index in [0.29, 0.717) is 13.1 Å². The van der Waals surface area contributed by atoms with E-state index in [9.17, 15) is 13.2 Å². The van der Waals surface area contributed by atoms with Gasteiger partial charge in [0.15, 0.2) is 5.75 Å². The molecule has 0 spiro atoms. The summed E-state index contributed by atoms with van der Waals surface area (Å²) in [6, 6.07) is 5.09. The third-order valence-electron chi connectivity index (χ3n) is 2.62. The summed E-state index contributed by atoms with van der Waals surface area (Å²) in [4.78, 5) is 0. The quantitative estimate of drug-likeness (QED) is 0.918. The summed E-state index contributed by atoms with van der Waals surface area (Å²) in [6.07, 6.45) is -1.49. The second-order valence-electron chi connectivity index (χ2n) is 4.14. The molecule has 108 valence electrons. The van der Waals surface area contributed by atoms with Crippen molar-refractivity contribution in [1.29, 1.82) is 0 Å². The summed E-state index contributed by atoms with van der Waals surface area (Å²) in [5, 5.41) is 6.97. The van der Waals surface area contributed by atoms with E-state index in [2.05, 4.69) is 10.4 Å². The van der Waals surface area contributed by atoms with Gasteiger partial charge in [0.1, 0.15) is 5.75 Å². The van der Waals surface area contributed by atoms with E-state index in [1.807, 2.05) is 0 Å². The highest BCUT2D eigenvalue weighted by atomic mass is 19.4. The average molecular weight is 285 g/mol. The summed E-state index contributed by atoms with van der Waals surface area (Å²) in [7, 11) is 1.81. The van der Waals surface area contributed by atoms with Crippen molar-refractivity contribution in [2.24, 2.45) is 0 Å². The predicted octanol–water partition coefficient (Wildman–Crippen LogP) is 2.91. The van der Waals surface area contributed by atoms with Gasteiger partial charge in [-0.2, -0.15) is 18.3 Å². The van der Waals surface area contributed by atoms with Crippen LogP contribution in [0.3, 0.4) is 0 Å². The first-order valence-corrected chi connectivity index (χ1v) is 6.02. The van der Waals surface area contributed by atoms with Crippen LogP contribution in [0, 0.1) is 0 Å². The van der Waals surface area contributed by atoms with Crippen LogP contribution in [0.4, 0.5) is 13.2 Å². The number of para-hydroxylation sites is 1. The Kier molecular flexibility index (Phi) is 4.29. The molecule has 0 unspecified atom stereocenters. The normalized spacial score (nSPS) is 11.6. The number of hydrogen-bond acceptors (Lipinski definition) is 3. The highest BCUT2D eigenvalue weighted by molar-refractivity contribution is 5.38. The molecule has 20 heavy (non-hydrogen) atoms. The van der Waals surface area contributed by atoms with E-state index in [0.717, 1.165) is 6.07 Å². The van der Waals surface area contributed by atoms with E-state index >= 15 is 0 Å². The second-order valence-corrected chi connectivity index (χ2v) is 4.14. The van der Waals surface area contributed by atoms with Crippen LogP contribution in [0.25, 0.3) is 0 Å². The van der Waals surface area contributed by atoms with Gasteiger partial charge in [0.2, 0.25) is 0 Å². The number of likely N-dealkylation sites (N-methyl/N-ethyl adjacent to an activating group) is 1. The Hall–Kier alpha value is -2.02. The monoisotopic (exact) mass is 285 g/mol. The first-order chi connectivity index (χ1) is 9.50. The Morgan fingerprint density at radius 1 is 1.30 bits per heavy atom. The molecule has 2 rings (SSSR count). The van der Waals surface area contributed by atoms with Crippen LogP contribution in [0.1, 0.15) is 5.56 Å². The summed E-state index contributed by atoms with van der Waals surface area (Å²) in [5.74, 6) is 0.0472. The van der Waals surface area contributed by atoms with Gasteiger partial charge < -0.3 is 10.1 Å². The molecule has 1 aromatic carbocycles. The van der Waals surface area contributed by atoms with Gasteiger partial charge >= 0.3 is 6.18 Å². The van der Waals surface area contributed by atoms with Crippen LogP contribution in [-0.4, -0.2) is 23.4 Å². The Balaban J connectivity index is 2.16. The third kappa shape index (κ3) is 3.51. The topological polar surface area (TPSA) is 39.1 Å². The first-order valence-electron chi connectivity index (χ1n) is 6.02. The van der Waals surface area contributed by atoms with Crippen LogP contribution < -0.4 is 10.1 Å². The van der Waals surface area contributed by atoms with Crippen LogP contribution in [0.5, 0.6) is 11.5 Å². The van der Waals surface area contributed by atoms with Gasteiger partial charge in [-0.1, -0.05) is 12.1 Å². The molecule has 4 nitrogen and oxygen atoms in total. The van der Waals surface area contributed by atoms with Crippen molar-refractivity contribution in [3.63, 3.8) is 0 Å². The zero-order chi connectivity index (χ0) is 14.6. The highest BCUT2D eigenvalue weighted by Gasteiger charge is 2.34. The molecule has 1 N–H and O–H groups in total. The largest absolute Gasteiger partial charge is 0.453 e. The third-order valence-corrected chi connectivity index (χ3v) is 2.62. The van der Waals surface area contributed by atoms with Gasteiger partial charge in [0.25, 0.3) is 0 Å². The smallest absolute Gasteiger partial charge is 0.419 e. The fourth-order valence-corrected chi connectivity index (χ4v) is 1.66. The standard InChI is InChI=1S/C13H14F3N3O/c1-17-6-7-19-9-10(8-18-19)20-12-5-3-2-4-11(12)13(14,15)16/h2-5,8-9,17H,6-7H2,1H3. The van der Waals surface area contributed by atoms with Gasteiger partial charge in [0, 0.05) is 6.54 Å². The molecule has 0 radical (unpaired) electrons. The molecule has 0 aliphatic heterocycles.